The second-order valence-corrected chi connectivity index (χ2v) is 4.95. The number of amides is 1. The molecule has 0 aliphatic carbocycles. The van der Waals surface area contributed by atoms with E-state index < -0.39 is 0 Å². The SMILES string of the molecule is CNC(=O)C1COCCN1c1cc(C)nc(C)c1CN. The van der Waals surface area contributed by atoms with Gasteiger partial charge in [-0.25, -0.2) is 0 Å². The van der Waals surface area contributed by atoms with Gasteiger partial charge in [-0.2, -0.15) is 0 Å². The Balaban J connectivity index is 2.44. The first kappa shape index (κ1) is 14.7. The van der Waals surface area contributed by atoms with Crippen LogP contribution in [0.25, 0.3) is 0 Å². The molecule has 1 amide bonds. The first-order chi connectivity index (χ1) is 9.58. The lowest BCUT2D eigenvalue weighted by Crippen LogP contribution is -2.53. The van der Waals surface area contributed by atoms with Crippen LogP contribution in [0.15, 0.2) is 6.07 Å². The predicted molar refractivity (Wildman–Crippen MR) is 77.6 cm³/mol. The molecule has 0 bridgehead atoms. The molecule has 6 nitrogen and oxygen atoms in total. The molecule has 1 aromatic rings. The zero-order valence-electron chi connectivity index (χ0n) is 12.3. The van der Waals surface area contributed by atoms with Gasteiger partial charge in [0.15, 0.2) is 0 Å². The number of carbonyl (C=O) groups is 1. The van der Waals surface area contributed by atoms with Crippen LogP contribution in [0, 0.1) is 13.8 Å². The highest BCUT2D eigenvalue weighted by Crippen LogP contribution is 2.27. The molecule has 0 radical (unpaired) electrons. The standard InChI is InChI=1S/C14H22N4O2/c1-9-6-12(11(7-15)10(2)17-9)18-4-5-20-8-13(18)14(19)16-3/h6,13H,4-5,7-8,15H2,1-3H3,(H,16,19). The van der Waals surface area contributed by atoms with Crippen molar-refractivity contribution in [2.24, 2.45) is 5.73 Å². The lowest BCUT2D eigenvalue weighted by Gasteiger charge is -2.37. The minimum Gasteiger partial charge on any atom is -0.377 e. The molecular formula is C14H22N4O2. The summed E-state index contributed by atoms with van der Waals surface area (Å²) in [6.45, 7) is 5.99. The molecule has 1 aliphatic heterocycles. The molecule has 1 saturated heterocycles. The van der Waals surface area contributed by atoms with E-state index in [9.17, 15) is 4.79 Å². The zero-order valence-corrected chi connectivity index (χ0v) is 12.3. The van der Waals surface area contributed by atoms with Gasteiger partial charge >= 0.3 is 0 Å². The van der Waals surface area contributed by atoms with Gasteiger partial charge in [0.25, 0.3) is 0 Å². The summed E-state index contributed by atoms with van der Waals surface area (Å²) < 4.78 is 5.44. The molecule has 3 N–H and O–H groups in total. The third-order valence-electron chi connectivity index (χ3n) is 3.63. The van der Waals surface area contributed by atoms with Crippen molar-refractivity contribution in [3.8, 4) is 0 Å². The van der Waals surface area contributed by atoms with Crippen molar-refractivity contribution in [1.82, 2.24) is 10.3 Å². The number of pyridine rings is 1. The van der Waals surface area contributed by atoms with E-state index in [0.29, 0.717) is 26.3 Å². The van der Waals surface area contributed by atoms with Gasteiger partial charge in [0.1, 0.15) is 6.04 Å². The molecule has 0 aromatic carbocycles. The molecule has 0 spiro atoms. The summed E-state index contributed by atoms with van der Waals surface area (Å²) >= 11 is 0. The number of aromatic nitrogens is 1. The summed E-state index contributed by atoms with van der Waals surface area (Å²) in [6.07, 6.45) is 0. The molecule has 2 heterocycles. The molecule has 1 aliphatic rings. The van der Waals surface area contributed by atoms with Crippen molar-refractivity contribution >= 4 is 11.6 Å². The van der Waals surface area contributed by atoms with Crippen LogP contribution < -0.4 is 16.0 Å². The van der Waals surface area contributed by atoms with Crippen molar-refractivity contribution in [2.75, 3.05) is 31.7 Å². The Morgan fingerprint density at radius 2 is 2.35 bits per heavy atom. The number of aryl methyl sites for hydroxylation is 2. The van der Waals surface area contributed by atoms with E-state index in [1.807, 2.05) is 19.9 Å². The summed E-state index contributed by atoms with van der Waals surface area (Å²) in [6, 6.07) is 1.68. The van der Waals surface area contributed by atoms with Crippen LogP contribution in [0.2, 0.25) is 0 Å². The van der Waals surface area contributed by atoms with E-state index in [1.54, 1.807) is 7.05 Å². The van der Waals surface area contributed by atoms with Crippen LogP contribution in [-0.2, 0) is 16.1 Å². The first-order valence-electron chi connectivity index (χ1n) is 6.81. The van der Waals surface area contributed by atoms with Gasteiger partial charge in [0.2, 0.25) is 5.91 Å². The van der Waals surface area contributed by atoms with E-state index >= 15 is 0 Å². The summed E-state index contributed by atoms with van der Waals surface area (Å²) in [4.78, 5) is 18.6. The van der Waals surface area contributed by atoms with Crippen LogP contribution in [0.1, 0.15) is 17.0 Å². The Hall–Kier alpha value is -1.66. The van der Waals surface area contributed by atoms with Gasteiger partial charge in [-0.1, -0.05) is 0 Å². The van der Waals surface area contributed by atoms with Gasteiger partial charge in [-0.3, -0.25) is 9.78 Å². The smallest absolute Gasteiger partial charge is 0.244 e. The lowest BCUT2D eigenvalue weighted by molar-refractivity contribution is -0.124. The number of hydrogen-bond acceptors (Lipinski definition) is 5. The molecule has 1 aromatic heterocycles. The second-order valence-electron chi connectivity index (χ2n) is 4.95. The highest BCUT2D eigenvalue weighted by molar-refractivity contribution is 5.85. The molecule has 0 saturated carbocycles. The number of morpholine rings is 1. The summed E-state index contributed by atoms with van der Waals surface area (Å²) in [7, 11) is 1.64. The van der Waals surface area contributed by atoms with Crippen LogP contribution in [-0.4, -0.2) is 43.7 Å². The Kier molecular flexibility index (Phi) is 4.57. The van der Waals surface area contributed by atoms with E-state index in [-0.39, 0.29) is 11.9 Å². The number of rotatable bonds is 3. The first-order valence-corrected chi connectivity index (χ1v) is 6.81. The van der Waals surface area contributed by atoms with Crippen molar-refractivity contribution in [3.05, 3.63) is 23.0 Å². The number of nitrogens with one attached hydrogen (secondary N) is 1. The minimum absolute atomic E-state index is 0.0419. The number of ether oxygens (including phenoxy) is 1. The maximum absolute atomic E-state index is 12.0. The van der Waals surface area contributed by atoms with Gasteiger partial charge in [-0.15, -0.1) is 0 Å². The van der Waals surface area contributed by atoms with Crippen LogP contribution in [0.5, 0.6) is 0 Å². The molecular weight excluding hydrogens is 256 g/mol. The highest BCUT2D eigenvalue weighted by Gasteiger charge is 2.30. The number of carbonyl (C=O) groups excluding carboxylic acids is 1. The van der Waals surface area contributed by atoms with E-state index in [0.717, 1.165) is 22.6 Å². The molecule has 110 valence electrons. The van der Waals surface area contributed by atoms with Crippen molar-refractivity contribution in [3.63, 3.8) is 0 Å². The number of likely N-dealkylation sites (N-methyl/N-ethyl adjacent to an activating group) is 1. The van der Waals surface area contributed by atoms with Gasteiger partial charge in [-0.05, 0) is 19.9 Å². The fourth-order valence-corrected chi connectivity index (χ4v) is 2.62. The topological polar surface area (TPSA) is 80.5 Å². The van der Waals surface area contributed by atoms with Gasteiger partial charge in [0.05, 0.1) is 13.2 Å². The number of hydrogen-bond donors (Lipinski definition) is 2. The Bertz CT molecular complexity index is 504. The third-order valence-corrected chi connectivity index (χ3v) is 3.63. The lowest BCUT2D eigenvalue weighted by atomic mass is 10.1. The van der Waals surface area contributed by atoms with Crippen LogP contribution in [0.3, 0.4) is 0 Å². The van der Waals surface area contributed by atoms with Crippen LogP contribution >= 0.6 is 0 Å². The predicted octanol–water partition coefficient (Wildman–Crippen LogP) is 0.108. The maximum Gasteiger partial charge on any atom is 0.244 e. The van der Waals surface area contributed by atoms with Crippen LogP contribution in [0.4, 0.5) is 5.69 Å². The monoisotopic (exact) mass is 278 g/mol. The maximum atomic E-state index is 12.0. The number of nitrogens with two attached hydrogens (primary N) is 1. The molecule has 1 atom stereocenters. The average molecular weight is 278 g/mol. The Labute approximate surface area is 119 Å². The second kappa shape index (κ2) is 6.19. The number of nitrogens with zero attached hydrogens (tertiary/aromatic N) is 2. The molecule has 1 fully saturated rings. The van der Waals surface area contributed by atoms with E-state index in [4.69, 9.17) is 10.5 Å². The summed E-state index contributed by atoms with van der Waals surface area (Å²) in [5.74, 6) is -0.0419. The van der Waals surface area contributed by atoms with Crippen molar-refractivity contribution in [1.29, 1.82) is 0 Å². The highest BCUT2D eigenvalue weighted by atomic mass is 16.5. The quantitative estimate of drug-likeness (QED) is 0.820. The fraction of sp³-hybridized carbons (Fsp3) is 0.571. The molecule has 1 unspecified atom stereocenters. The van der Waals surface area contributed by atoms with Crippen molar-refractivity contribution < 1.29 is 9.53 Å². The zero-order chi connectivity index (χ0) is 14.7. The summed E-state index contributed by atoms with van der Waals surface area (Å²) in [5, 5.41) is 2.69. The molecule has 6 heteroatoms. The average Bonchev–Trinajstić information content (AvgIpc) is 2.45. The molecule has 20 heavy (non-hydrogen) atoms. The Morgan fingerprint density at radius 1 is 1.60 bits per heavy atom. The minimum atomic E-state index is -0.319. The third kappa shape index (κ3) is 2.76. The van der Waals surface area contributed by atoms with Crippen molar-refractivity contribution in [2.45, 2.75) is 26.4 Å². The normalized spacial score (nSPS) is 19.0. The molecule has 2 rings (SSSR count). The fourth-order valence-electron chi connectivity index (χ4n) is 2.62. The van der Waals surface area contributed by atoms with Gasteiger partial charge in [0, 0.05) is 42.8 Å². The Morgan fingerprint density at radius 3 is 3.00 bits per heavy atom. The van der Waals surface area contributed by atoms with E-state index in [2.05, 4.69) is 15.2 Å². The summed E-state index contributed by atoms with van der Waals surface area (Å²) in [5.41, 5.74) is 9.70. The van der Waals surface area contributed by atoms with E-state index in [1.165, 1.54) is 0 Å². The largest absolute Gasteiger partial charge is 0.377 e. The van der Waals surface area contributed by atoms with Gasteiger partial charge < -0.3 is 20.7 Å². The number of anilines is 1.